The summed E-state index contributed by atoms with van der Waals surface area (Å²) in [6, 6.07) is 73.2. The molecular formula is C52H35N3. The maximum atomic E-state index is 5.40. The van der Waals surface area contributed by atoms with Gasteiger partial charge in [0.1, 0.15) is 0 Å². The van der Waals surface area contributed by atoms with Crippen LogP contribution in [0.4, 0.5) is 0 Å². The van der Waals surface area contributed by atoms with E-state index >= 15 is 0 Å². The Balaban J connectivity index is 1.33. The molecule has 3 nitrogen and oxygen atoms in total. The van der Waals surface area contributed by atoms with Gasteiger partial charge in [0, 0.05) is 33.7 Å². The van der Waals surface area contributed by atoms with E-state index in [1.165, 1.54) is 16.7 Å². The van der Waals surface area contributed by atoms with Gasteiger partial charge in [0.2, 0.25) is 5.95 Å². The highest BCUT2D eigenvalue weighted by atomic mass is 15.2. The Kier molecular flexibility index (Phi) is 8.16. The van der Waals surface area contributed by atoms with E-state index in [0.29, 0.717) is 5.95 Å². The van der Waals surface area contributed by atoms with Crippen molar-refractivity contribution in [1.29, 1.82) is 0 Å². The van der Waals surface area contributed by atoms with Crippen LogP contribution in [0.3, 0.4) is 0 Å². The van der Waals surface area contributed by atoms with Crippen molar-refractivity contribution in [3.8, 4) is 72.8 Å². The Hall–Kier alpha value is -7.36. The lowest BCUT2D eigenvalue weighted by Gasteiger charge is -2.15. The quantitative estimate of drug-likeness (QED) is 0.166. The van der Waals surface area contributed by atoms with Crippen molar-refractivity contribution in [3.05, 3.63) is 212 Å². The molecule has 0 aliphatic heterocycles. The largest absolute Gasteiger partial charge is 0.277 e. The molecule has 0 aliphatic carbocycles. The fraction of sp³-hybridized carbons (Fsp3) is 0. The molecule has 0 bridgehead atoms. The van der Waals surface area contributed by atoms with Crippen LogP contribution in [0, 0.1) is 0 Å². The predicted octanol–water partition coefficient (Wildman–Crippen LogP) is 13.6. The molecule has 0 unspecified atom stereocenters. The van der Waals surface area contributed by atoms with E-state index in [1.807, 2.05) is 12.3 Å². The van der Waals surface area contributed by atoms with Crippen molar-refractivity contribution in [1.82, 2.24) is 14.5 Å². The fourth-order valence-corrected chi connectivity index (χ4v) is 7.85. The highest BCUT2D eigenvalue weighted by Gasteiger charge is 2.24. The number of nitrogens with zero attached hydrogens (tertiary/aromatic N) is 3. The van der Waals surface area contributed by atoms with Gasteiger partial charge in [-0.2, -0.15) is 0 Å². The third kappa shape index (κ3) is 5.98. The van der Waals surface area contributed by atoms with Crippen molar-refractivity contribution in [2.45, 2.75) is 0 Å². The minimum Gasteiger partial charge on any atom is -0.277 e. The maximum absolute atomic E-state index is 5.40. The second-order valence-corrected chi connectivity index (χ2v) is 13.8. The molecule has 2 heterocycles. The van der Waals surface area contributed by atoms with Gasteiger partial charge in [-0.1, -0.05) is 170 Å². The van der Waals surface area contributed by atoms with Crippen molar-refractivity contribution in [2.75, 3.05) is 0 Å². The van der Waals surface area contributed by atoms with Crippen LogP contribution in [0.25, 0.3) is 94.6 Å². The number of hydrogen-bond acceptors (Lipinski definition) is 2. The standard InChI is InChI=1S/C52H35N3/c1-6-17-36(18-7-1)41-27-16-28-42(31-41)49-29-30-53-52(54-49)55-50-45(39-23-12-4-13-24-39)32-43(37-19-8-2-9-20-37)34-47(50)48-35-44(38-21-10-3-11-22-38)33-46(51(48)55)40-25-14-5-15-26-40/h1-35H. The highest BCUT2D eigenvalue weighted by molar-refractivity contribution is 6.19. The van der Waals surface area contributed by atoms with Crippen LogP contribution in [0.5, 0.6) is 0 Å². The van der Waals surface area contributed by atoms with Crippen molar-refractivity contribution in [3.63, 3.8) is 0 Å². The molecule has 3 heteroatoms. The topological polar surface area (TPSA) is 30.7 Å². The molecule has 0 fully saturated rings. The summed E-state index contributed by atoms with van der Waals surface area (Å²) in [7, 11) is 0. The maximum Gasteiger partial charge on any atom is 0.235 e. The van der Waals surface area contributed by atoms with E-state index in [2.05, 4.69) is 205 Å². The minimum atomic E-state index is 0.622. The molecule has 0 saturated carbocycles. The van der Waals surface area contributed by atoms with Gasteiger partial charge < -0.3 is 0 Å². The second-order valence-electron chi connectivity index (χ2n) is 13.8. The zero-order valence-electron chi connectivity index (χ0n) is 30.0. The molecule has 8 aromatic carbocycles. The normalized spacial score (nSPS) is 11.3. The minimum absolute atomic E-state index is 0.622. The smallest absolute Gasteiger partial charge is 0.235 e. The Bertz CT molecular complexity index is 2800. The molecule has 0 spiro atoms. The molecule has 0 radical (unpaired) electrons. The van der Waals surface area contributed by atoms with Gasteiger partial charge in [-0.3, -0.25) is 4.57 Å². The summed E-state index contributed by atoms with van der Waals surface area (Å²) in [5.41, 5.74) is 15.5. The van der Waals surface area contributed by atoms with Gasteiger partial charge in [0.15, 0.2) is 0 Å². The Morgan fingerprint density at radius 3 is 1.18 bits per heavy atom. The van der Waals surface area contributed by atoms with E-state index in [1.54, 1.807) is 0 Å². The molecule has 258 valence electrons. The number of aromatic nitrogens is 3. The highest BCUT2D eigenvalue weighted by Crippen LogP contribution is 2.45. The van der Waals surface area contributed by atoms with Crippen LogP contribution in [-0.2, 0) is 0 Å². The lowest BCUT2D eigenvalue weighted by atomic mass is 9.93. The average molecular weight is 702 g/mol. The van der Waals surface area contributed by atoms with E-state index in [4.69, 9.17) is 9.97 Å². The molecule has 55 heavy (non-hydrogen) atoms. The van der Waals surface area contributed by atoms with Crippen molar-refractivity contribution < 1.29 is 0 Å². The Labute approximate surface area is 320 Å². The molecule has 2 aromatic heterocycles. The van der Waals surface area contributed by atoms with Gasteiger partial charge in [0.05, 0.1) is 16.7 Å². The van der Waals surface area contributed by atoms with Crippen LogP contribution in [-0.4, -0.2) is 14.5 Å². The van der Waals surface area contributed by atoms with Crippen LogP contribution in [0.2, 0.25) is 0 Å². The summed E-state index contributed by atoms with van der Waals surface area (Å²) in [5, 5.41) is 2.29. The summed E-state index contributed by atoms with van der Waals surface area (Å²) in [5.74, 6) is 0.622. The average Bonchev–Trinajstić information content (AvgIpc) is 3.61. The number of benzene rings is 8. The van der Waals surface area contributed by atoms with Gasteiger partial charge >= 0.3 is 0 Å². The van der Waals surface area contributed by atoms with Gasteiger partial charge in [0.25, 0.3) is 0 Å². The van der Waals surface area contributed by atoms with E-state index in [-0.39, 0.29) is 0 Å². The molecule has 0 saturated heterocycles. The summed E-state index contributed by atoms with van der Waals surface area (Å²) >= 11 is 0. The predicted molar refractivity (Wildman–Crippen MR) is 229 cm³/mol. The van der Waals surface area contributed by atoms with Crippen LogP contribution in [0.15, 0.2) is 212 Å². The summed E-state index contributed by atoms with van der Waals surface area (Å²) < 4.78 is 2.31. The lowest BCUT2D eigenvalue weighted by Crippen LogP contribution is -2.04. The third-order valence-corrected chi connectivity index (χ3v) is 10.4. The molecule has 10 rings (SSSR count). The number of hydrogen-bond donors (Lipinski definition) is 0. The van der Waals surface area contributed by atoms with Crippen molar-refractivity contribution in [2.24, 2.45) is 0 Å². The molecule has 0 amide bonds. The van der Waals surface area contributed by atoms with Crippen LogP contribution >= 0.6 is 0 Å². The SMILES string of the molecule is c1ccc(-c2cccc(-c3ccnc(-n4c5c(-c6ccccc6)cc(-c6ccccc6)cc5c5cc(-c6ccccc6)cc(-c6ccccc6)c54)n3)c2)cc1. The first-order chi connectivity index (χ1) is 27.3. The number of fused-ring (bicyclic) bond motifs is 3. The molecule has 0 atom stereocenters. The van der Waals surface area contributed by atoms with Crippen molar-refractivity contribution >= 4 is 21.8 Å². The van der Waals surface area contributed by atoms with Gasteiger partial charge in [-0.15, -0.1) is 0 Å². The Morgan fingerprint density at radius 2 is 0.709 bits per heavy atom. The molecule has 0 N–H and O–H groups in total. The van der Waals surface area contributed by atoms with E-state index in [0.717, 1.165) is 72.0 Å². The summed E-state index contributed by atoms with van der Waals surface area (Å²) in [6.07, 6.45) is 1.89. The summed E-state index contributed by atoms with van der Waals surface area (Å²) in [6.45, 7) is 0. The summed E-state index contributed by atoms with van der Waals surface area (Å²) in [4.78, 5) is 10.5. The van der Waals surface area contributed by atoms with E-state index < -0.39 is 0 Å². The van der Waals surface area contributed by atoms with Gasteiger partial charge in [-0.05, 0) is 80.9 Å². The Morgan fingerprint density at radius 1 is 0.309 bits per heavy atom. The van der Waals surface area contributed by atoms with Gasteiger partial charge in [-0.25, -0.2) is 9.97 Å². The molecule has 10 aromatic rings. The first kappa shape index (κ1) is 32.3. The van der Waals surface area contributed by atoms with E-state index in [9.17, 15) is 0 Å². The van der Waals surface area contributed by atoms with Crippen LogP contribution < -0.4 is 0 Å². The molecular weight excluding hydrogens is 667 g/mol. The zero-order valence-corrected chi connectivity index (χ0v) is 30.0. The fourth-order valence-electron chi connectivity index (χ4n) is 7.85. The lowest BCUT2D eigenvalue weighted by molar-refractivity contribution is 0.993. The molecule has 0 aliphatic rings. The third-order valence-electron chi connectivity index (χ3n) is 10.4. The first-order valence-corrected chi connectivity index (χ1v) is 18.7. The first-order valence-electron chi connectivity index (χ1n) is 18.7. The second kappa shape index (κ2) is 13.9. The zero-order chi connectivity index (χ0) is 36.6. The van der Waals surface area contributed by atoms with Crippen LogP contribution in [0.1, 0.15) is 0 Å². The monoisotopic (exact) mass is 701 g/mol. The number of rotatable bonds is 7.